The van der Waals surface area contributed by atoms with Crippen molar-refractivity contribution >= 4 is 5.91 Å². The minimum atomic E-state index is -0.236. The van der Waals surface area contributed by atoms with Crippen LogP contribution in [0.4, 0.5) is 0 Å². The molecule has 1 saturated heterocycles. The fourth-order valence-electron chi connectivity index (χ4n) is 1.92. The summed E-state index contributed by atoms with van der Waals surface area (Å²) in [5.74, 6) is 0.153. The van der Waals surface area contributed by atoms with E-state index in [2.05, 4.69) is 20.8 Å². The predicted octanol–water partition coefficient (Wildman–Crippen LogP) is -0.0180. The SMILES string of the molecule is CCNC(=O)c1ccc(OCC2CNCC(C)O2)nn1. The van der Waals surface area contributed by atoms with Gasteiger partial charge in [-0.05, 0) is 19.9 Å². The van der Waals surface area contributed by atoms with Gasteiger partial charge in [-0.2, -0.15) is 0 Å². The highest BCUT2D eigenvalue weighted by molar-refractivity contribution is 5.91. The summed E-state index contributed by atoms with van der Waals surface area (Å²) in [6.07, 6.45) is 0.187. The molecule has 1 aliphatic heterocycles. The Kier molecular flexibility index (Phi) is 5.25. The minimum Gasteiger partial charge on any atom is -0.474 e. The van der Waals surface area contributed by atoms with E-state index in [1.807, 2.05) is 13.8 Å². The van der Waals surface area contributed by atoms with E-state index in [9.17, 15) is 4.79 Å². The lowest BCUT2D eigenvalue weighted by atomic mass is 10.2. The molecule has 0 saturated carbocycles. The Labute approximate surface area is 118 Å². The van der Waals surface area contributed by atoms with E-state index in [-0.39, 0.29) is 23.8 Å². The smallest absolute Gasteiger partial charge is 0.271 e. The normalized spacial score (nSPS) is 22.3. The maximum atomic E-state index is 11.5. The number of rotatable bonds is 5. The number of hydrogen-bond acceptors (Lipinski definition) is 6. The molecule has 1 fully saturated rings. The number of carbonyl (C=O) groups excluding carboxylic acids is 1. The van der Waals surface area contributed by atoms with E-state index < -0.39 is 0 Å². The van der Waals surface area contributed by atoms with E-state index in [0.717, 1.165) is 13.1 Å². The zero-order valence-electron chi connectivity index (χ0n) is 11.8. The first-order valence-corrected chi connectivity index (χ1v) is 6.80. The average molecular weight is 280 g/mol. The number of nitrogens with one attached hydrogen (secondary N) is 2. The Morgan fingerprint density at radius 3 is 3.00 bits per heavy atom. The number of aromatic nitrogens is 2. The zero-order chi connectivity index (χ0) is 14.4. The summed E-state index contributed by atoms with van der Waals surface area (Å²) in [6.45, 7) is 6.45. The summed E-state index contributed by atoms with van der Waals surface area (Å²) in [7, 11) is 0. The van der Waals surface area contributed by atoms with Crippen molar-refractivity contribution in [2.24, 2.45) is 0 Å². The van der Waals surface area contributed by atoms with Crippen molar-refractivity contribution in [3.8, 4) is 5.88 Å². The lowest BCUT2D eigenvalue weighted by molar-refractivity contribution is -0.0477. The van der Waals surface area contributed by atoms with Crippen molar-refractivity contribution in [2.45, 2.75) is 26.1 Å². The molecule has 7 nitrogen and oxygen atoms in total. The molecular formula is C13H20N4O3. The van der Waals surface area contributed by atoms with Crippen molar-refractivity contribution in [1.82, 2.24) is 20.8 Å². The molecule has 1 amide bonds. The molecule has 0 bridgehead atoms. The predicted molar refractivity (Wildman–Crippen MR) is 72.7 cm³/mol. The number of carbonyl (C=O) groups is 1. The van der Waals surface area contributed by atoms with Crippen LogP contribution in [0.3, 0.4) is 0 Å². The van der Waals surface area contributed by atoms with Gasteiger partial charge in [-0.3, -0.25) is 4.79 Å². The van der Waals surface area contributed by atoms with Crippen molar-refractivity contribution in [1.29, 1.82) is 0 Å². The lowest BCUT2D eigenvalue weighted by Gasteiger charge is -2.28. The molecule has 0 radical (unpaired) electrons. The molecule has 1 aliphatic rings. The standard InChI is InChI=1S/C13H20N4O3/c1-3-15-13(18)11-4-5-12(17-16-11)19-8-10-7-14-6-9(2)20-10/h4-5,9-10,14H,3,6-8H2,1-2H3,(H,15,18). The van der Waals surface area contributed by atoms with E-state index in [1.165, 1.54) is 0 Å². The number of morpholine rings is 1. The van der Waals surface area contributed by atoms with Crippen molar-refractivity contribution in [2.75, 3.05) is 26.2 Å². The second-order valence-electron chi connectivity index (χ2n) is 4.65. The van der Waals surface area contributed by atoms with Crippen LogP contribution in [-0.2, 0) is 4.74 Å². The first kappa shape index (κ1) is 14.7. The van der Waals surface area contributed by atoms with E-state index in [0.29, 0.717) is 19.0 Å². The fourth-order valence-corrected chi connectivity index (χ4v) is 1.92. The number of amides is 1. The van der Waals surface area contributed by atoms with Crippen LogP contribution in [0, 0.1) is 0 Å². The minimum absolute atomic E-state index is 0.00335. The van der Waals surface area contributed by atoms with Crippen LogP contribution in [-0.4, -0.2) is 54.6 Å². The summed E-state index contributed by atoms with van der Waals surface area (Å²) in [6, 6.07) is 3.23. The van der Waals surface area contributed by atoms with Crippen molar-refractivity contribution in [3.63, 3.8) is 0 Å². The summed E-state index contributed by atoms with van der Waals surface area (Å²) in [5.41, 5.74) is 0.281. The third kappa shape index (κ3) is 4.14. The first-order chi connectivity index (χ1) is 9.69. The Morgan fingerprint density at radius 1 is 1.50 bits per heavy atom. The summed E-state index contributed by atoms with van der Waals surface area (Å²) in [5, 5.41) is 13.6. The van der Waals surface area contributed by atoms with Crippen LogP contribution in [0.25, 0.3) is 0 Å². The van der Waals surface area contributed by atoms with Gasteiger partial charge >= 0.3 is 0 Å². The summed E-state index contributed by atoms with van der Waals surface area (Å²) >= 11 is 0. The zero-order valence-corrected chi connectivity index (χ0v) is 11.8. The maximum Gasteiger partial charge on any atom is 0.271 e. The van der Waals surface area contributed by atoms with Gasteiger partial charge in [0.25, 0.3) is 5.91 Å². The molecule has 2 N–H and O–H groups in total. The average Bonchev–Trinajstić information content (AvgIpc) is 2.46. The highest BCUT2D eigenvalue weighted by Gasteiger charge is 2.19. The molecule has 2 atom stereocenters. The number of hydrogen-bond donors (Lipinski definition) is 2. The van der Waals surface area contributed by atoms with Crippen LogP contribution < -0.4 is 15.4 Å². The van der Waals surface area contributed by atoms with Gasteiger partial charge in [0.2, 0.25) is 5.88 Å². The van der Waals surface area contributed by atoms with Gasteiger partial charge in [0, 0.05) is 25.7 Å². The summed E-state index contributed by atoms with van der Waals surface area (Å²) in [4.78, 5) is 11.5. The van der Waals surface area contributed by atoms with Crippen molar-refractivity contribution in [3.05, 3.63) is 17.8 Å². The molecule has 0 aliphatic carbocycles. The highest BCUT2D eigenvalue weighted by atomic mass is 16.5. The van der Waals surface area contributed by atoms with E-state index in [1.54, 1.807) is 12.1 Å². The molecule has 110 valence electrons. The molecule has 1 aromatic heterocycles. The summed E-state index contributed by atoms with van der Waals surface area (Å²) < 4.78 is 11.2. The van der Waals surface area contributed by atoms with Crippen LogP contribution in [0.15, 0.2) is 12.1 Å². The molecule has 2 heterocycles. The Morgan fingerprint density at radius 2 is 2.35 bits per heavy atom. The third-order valence-electron chi connectivity index (χ3n) is 2.86. The number of ether oxygens (including phenoxy) is 2. The van der Waals surface area contributed by atoms with Crippen LogP contribution >= 0.6 is 0 Å². The molecule has 0 spiro atoms. The molecular weight excluding hydrogens is 260 g/mol. The molecule has 2 unspecified atom stereocenters. The molecule has 0 aromatic carbocycles. The number of nitrogens with zero attached hydrogens (tertiary/aromatic N) is 2. The van der Waals surface area contributed by atoms with E-state index >= 15 is 0 Å². The van der Waals surface area contributed by atoms with Gasteiger partial charge < -0.3 is 20.1 Å². The van der Waals surface area contributed by atoms with E-state index in [4.69, 9.17) is 9.47 Å². The van der Waals surface area contributed by atoms with Gasteiger partial charge in [0.15, 0.2) is 5.69 Å². The monoisotopic (exact) mass is 280 g/mol. The second-order valence-corrected chi connectivity index (χ2v) is 4.65. The Bertz CT molecular complexity index is 438. The molecule has 2 rings (SSSR count). The Balaban J connectivity index is 1.83. The van der Waals surface area contributed by atoms with Gasteiger partial charge in [0.1, 0.15) is 12.7 Å². The fraction of sp³-hybridized carbons (Fsp3) is 0.615. The molecule has 20 heavy (non-hydrogen) atoms. The van der Waals surface area contributed by atoms with Gasteiger partial charge in [-0.15, -0.1) is 10.2 Å². The highest BCUT2D eigenvalue weighted by Crippen LogP contribution is 2.08. The van der Waals surface area contributed by atoms with Crippen LogP contribution in [0.5, 0.6) is 5.88 Å². The van der Waals surface area contributed by atoms with Gasteiger partial charge in [-0.25, -0.2) is 0 Å². The first-order valence-electron chi connectivity index (χ1n) is 6.80. The largest absolute Gasteiger partial charge is 0.474 e. The van der Waals surface area contributed by atoms with Gasteiger partial charge in [0.05, 0.1) is 6.10 Å². The second kappa shape index (κ2) is 7.16. The lowest BCUT2D eigenvalue weighted by Crippen LogP contribution is -2.45. The maximum absolute atomic E-state index is 11.5. The molecule has 7 heteroatoms. The topological polar surface area (TPSA) is 85.4 Å². The van der Waals surface area contributed by atoms with Crippen LogP contribution in [0.2, 0.25) is 0 Å². The molecule has 1 aromatic rings. The van der Waals surface area contributed by atoms with Gasteiger partial charge in [-0.1, -0.05) is 0 Å². The quantitative estimate of drug-likeness (QED) is 0.788. The van der Waals surface area contributed by atoms with Crippen molar-refractivity contribution < 1.29 is 14.3 Å². The third-order valence-corrected chi connectivity index (χ3v) is 2.86. The van der Waals surface area contributed by atoms with Crippen LogP contribution in [0.1, 0.15) is 24.3 Å². The Hall–Kier alpha value is -1.73.